The zero-order valence-electron chi connectivity index (χ0n) is 13.0. The normalized spacial score (nSPS) is 17.9. The van der Waals surface area contributed by atoms with Gasteiger partial charge in [-0.15, -0.1) is 0 Å². The number of likely N-dealkylation sites (tertiary alicyclic amines) is 1. The Morgan fingerprint density at radius 1 is 1.04 bits per heavy atom. The molecule has 0 aliphatic carbocycles. The first-order valence-corrected chi connectivity index (χ1v) is 9.26. The van der Waals surface area contributed by atoms with E-state index in [1.807, 2.05) is 37.3 Å². The highest BCUT2D eigenvalue weighted by molar-refractivity contribution is 7.91. The van der Waals surface area contributed by atoms with E-state index in [2.05, 4.69) is 0 Å². The van der Waals surface area contributed by atoms with Gasteiger partial charge in [0.1, 0.15) is 0 Å². The fourth-order valence-electron chi connectivity index (χ4n) is 2.79. The lowest BCUT2D eigenvalue weighted by Crippen LogP contribution is -2.48. The molecule has 1 fully saturated rings. The number of benzene rings is 2. The maximum Gasteiger partial charge on any atom is 0.225 e. The Bertz CT molecular complexity index is 798. The maximum atomic E-state index is 12.4. The smallest absolute Gasteiger partial charge is 0.225 e. The van der Waals surface area contributed by atoms with Gasteiger partial charge in [-0.2, -0.15) is 0 Å². The molecular formula is C18H19NO3S. The highest BCUT2D eigenvalue weighted by Crippen LogP contribution is 2.34. The fraction of sp³-hybridized carbons (Fsp3) is 0.278. The first-order chi connectivity index (χ1) is 11.0. The molecule has 1 aliphatic rings. The van der Waals surface area contributed by atoms with Crippen LogP contribution >= 0.6 is 0 Å². The van der Waals surface area contributed by atoms with E-state index in [1.165, 1.54) is 0 Å². The number of nitrogens with zero attached hydrogens (tertiary/aromatic N) is 1. The van der Waals surface area contributed by atoms with Gasteiger partial charge in [-0.05, 0) is 24.6 Å². The van der Waals surface area contributed by atoms with E-state index in [4.69, 9.17) is 0 Å². The summed E-state index contributed by atoms with van der Waals surface area (Å²) in [5.74, 6) is -0.0385. The zero-order valence-corrected chi connectivity index (χ0v) is 13.8. The van der Waals surface area contributed by atoms with Crippen LogP contribution in [0.5, 0.6) is 0 Å². The Hall–Kier alpha value is -2.14. The van der Waals surface area contributed by atoms with Gasteiger partial charge in [0.05, 0.1) is 23.1 Å². The summed E-state index contributed by atoms with van der Waals surface area (Å²) in [6, 6.07) is 16.5. The number of aryl methyl sites for hydroxylation is 1. The summed E-state index contributed by atoms with van der Waals surface area (Å²) in [4.78, 5) is 13.8. The lowest BCUT2D eigenvalue weighted by Gasteiger charge is -2.40. The van der Waals surface area contributed by atoms with Gasteiger partial charge >= 0.3 is 0 Å². The van der Waals surface area contributed by atoms with Crippen LogP contribution in [-0.2, 0) is 14.6 Å². The van der Waals surface area contributed by atoms with Crippen LogP contribution < -0.4 is 0 Å². The summed E-state index contributed by atoms with van der Waals surface area (Å²) < 4.78 is 24.8. The first kappa shape index (κ1) is 15.7. The molecule has 0 N–H and O–H groups in total. The summed E-state index contributed by atoms with van der Waals surface area (Å²) in [7, 11) is -3.37. The van der Waals surface area contributed by atoms with E-state index in [0.29, 0.717) is 11.3 Å². The molecule has 2 aromatic rings. The van der Waals surface area contributed by atoms with Gasteiger partial charge in [0.25, 0.3) is 0 Å². The Kier molecular flexibility index (Phi) is 4.22. The molecule has 0 bridgehead atoms. The van der Waals surface area contributed by atoms with E-state index in [-0.39, 0.29) is 24.2 Å². The van der Waals surface area contributed by atoms with Crippen LogP contribution in [0.25, 0.3) is 0 Å². The maximum absolute atomic E-state index is 12.4. The van der Waals surface area contributed by atoms with Crippen molar-refractivity contribution >= 4 is 15.7 Å². The van der Waals surface area contributed by atoms with Gasteiger partial charge in [-0.25, -0.2) is 8.42 Å². The summed E-state index contributed by atoms with van der Waals surface area (Å²) in [6.07, 6.45) is 0.453. The molecule has 0 saturated carbocycles. The van der Waals surface area contributed by atoms with Crippen molar-refractivity contribution in [1.82, 2.24) is 4.90 Å². The number of carbonyl (C=O) groups is 1. The summed E-state index contributed by atoms with van der Waals surface area (Å²) in [5.41, 5.74) is 2.07. The molecule has 5 heteroatoms. The van der Waals surface area contributed by atoms with Crippen LogP contribution in [0.2, 0.25) is 0 Å². The molecule has 0 aromatic heterocycles. The van der Waals surface area contributed by atoms with Gasteiger partial charge in [0, 0.05) is 6.54 Å². The number of sulfone groups is 1. The van der Waals surface area contributed by atoms with Gasteiger partial charge in [-0.1, -0.05) is 48.0 Å². The van der Waals surface area contributed by atoms with E-state index < -0.39 is 9.84 Å². The van der Waals surface area contributed by atoms with Gasteiger partial charge in [0.2, 0.25) is 5.91 Å². The van der Waals surface area contributed by atoms with Crippen LogP contribution in [0.4, 0.5) is 0 Å². The molecule has 1 heterocycles. The highest BCUT2D eigenvalue weighted by Gasteiger charge is 2.37. The number of carbonyl (C=O) groups excluding carboxylic acids is 1. The SMILES string of the molecule is Cc1ccc(S(=O)(=O)CCN2C(=O)CC2c2ccccc2)cc1. The number of amides is 1. The van der Waals surface area contributed by atoms with Crippen LogP contribution in [0.15, 0.2) is 59.5 Å². The molecule has 23 heavy (non-hydrogen) atoms. The fourth-order valence-corrected chi connectivity index (χ4v) is 4.01. The van der Waals surface area contributed by atoms with Crippen molar-refractivity contribution in [2.24, 2.45) is 0 Å². The van der Waals surface area contributed by atoms with Crippen LogP contribution in [-0.4, -0.2) is 31.5 Å². The molecule has 1 aliphatic heterocycles. The van der Waals surface area contributed by atoms with Gasteiger partial charge in [-0.3, -0.25) is 4.79 Å². The Balaban J connectivity index is 1.69. The lowest BCUT2D eigenvalue weighted by atomic mass is 9.94. The molecule has 0 radical (unpaired) electrons. The monoisotopic (exact) mass is 329 g/mol. The third-order valence-electron chi connectivity index (χ3n) is 4.23. The highest BCUT2D eigenvalue weighted by atomic mass is 32.2. The summed E-state index contributed by atoms with van der Waals surface area (Å²) >= 11 is 0. The third kappa shape index (κ3) is 3.29. The molecule has 2 aromatic carbocycles. The van der Waals surface area contributed by atoms with Crippen molar-refractivity contribution in [1.29, 1.82) is 0 Å². The third-order valence-corrected chi connectivity index (χ3v) is 5.94. The molecule has 1 amide bonds. The largest absolute Gasteiger partial charge is 0.334 e. The van der Waals surface area contributed by atoms with Crippen molar-refractivity contribution < 1.29 is 13.2 Å². The van der Waals surface area contributed by atoms with Crippen molar-refractivity contribution in [3.63, 3.8) is 0 Å². The Morgan fingerprint density at radius 2 is 1.70 bits per heavy atom. The molecule has 1 unspecified atom stereocenters. The number of β-lactam (4-membered cyclic amide) rings is 1. The van der Waals surface area contributed by atoms with E-state index in [1.54, 1.807) is 29.2 Å². The quantitative estimate of drug-likeness (QED) is 0.793. The van der Waals surface area contributed by atoms with Crippen LogP contribution in [0.1, 0.15) is 23.6 Å². The van der Waals surface area contributed by atoms with Gasteiger partial charge in [0.15, 0.2) is 9.84 Å². The molecule has 120 valence electrons. The van der Waals surface area contributed by atoms with Crippen molar-refractivity contribution in [2.75, 3.05) is 12.3 Å². The predicted octanol–water partition coefficient (Wildman–Crippen LogP) is 2.74. The van der Waals surface area contributed by atoms with Crippen molar-refractivity contribution in [2.45, 2.75) is 24.3 Å². The summed E-state index contributed by atoms with van der Waals surface area (Å²) in [6.45, 7) is 2.15. The molecule has 1 saturated heterocycles. The van der Waals surface area contributed by atoms with Crippen molar-refractivity contribution in [3.05, 3.63) is 65.7 Å². The van der Waals surface area contributed by atoms with Crippen molar-refractivity contribution in [3.8, 4) is 0 Å². The second kappa shape index (κ2) is 6.16. The predicted molar refractivity (Wildman–Crippen MR) is 88.7 cm³/mol. The minimum atomic E-state index is -3.37. The first-order valence-electron chi connectivity index (χ1n) is 7.61. The minimum Gasteiger partial charge on any atom is -0.334 e. The van der Waals surface area contributed by atoms with Gasteiger partial charge < -0.3 is 4.90 Å². The van der Waals surface area contributed by atoms with Crippen LogP contribution in [0.3, 0.4) is 0 Å². The Labute approximate surface area is 136 Å². The second-order valence-corrected chi connectivity index (χ2v) is 7.96. The van der Waals surface area contributed by atoms with E-state index >= 15 is 0 Å². The number of hydrogen-bond acceptors (Lipinski definition) is 3. The van der Waals surface area contributed by atoms with Crippen LogP contribution in [0, 0.1) is 6.92 Å². The topological polar surface area (TPSA) is 54.5 Å². The molecule has 0 spiro atoms. The number of rotatable bonds is 5. The zero-order chi connectivity index (χ0) is 16.4. The summed E-state index contributed by atoms with van der Waals surface area (Å²) in [5, 5.41) is 0. The standard InChI is InChI=1S/C18H19NO3S/c1-14-7-9-16(10-8-14)23(21,22)12-11-19-17(13-18(19)20)15-5-3-2-4-6-15/h2-10,17H,11-13H2,1H3. The lowest BCUT2D eigenvalue weighted by molar-refractivity contribution is -0.145. The van der Waals surface area contributed by atoms with E-state index in [0.717, 1.165) is 11.1 Å². The molecule has 1 atom stereocenters. The average Bonchev–Trinajstić information content (AvgIpc) is 2.53. The Morgan fingerprint density at radius 3 is 2.30 bits per heavy atom. The van der Waals surface area contributed by atoms with E-state index in [9.17, 15) is 13.2 Å². The average molecular weight is 329 g/mol. The minimum absolute atomic E-state index is 0.00285. The molecule has 4 nitrogen and oxygen atoms in total. The molecule has 3 rings (SSSR count). The number of hydrogen-bond donors (Lipinski definition) is 0. The second-order valence-electron chi connectivity index (χ2n) is 5.85. The molecular weight excluding hydrogens is 310 g/mol.